The number of aromatic nitrogens is 1. The highest BCUT2D eigenvalue weighted by Gasteiger charge is 2.34. The fraction of sp³-hybridized carbons (Fsp3) is 0.257. The van der Waals surface area contributed by atoms with E-state index in [1.807, 2.05) is 6.07 Å². The van der Waals surface area contributed by atoms with Crippen molar-refractivity contribution in [2.75, 3.05) is 26.9 Å². The molecule has 0 radical (unpaired) electrons. The molecule has 1 aromatic heterocycles. The van der Waals surface area contributed by atoms with E-state index in [1.54, 1.807) is 75.4 Å². The second-order valence-corrected chi connectivity index (χ2v) is 11.6. The van der Waals surface area contributed by atoms with Crippen LogP contribution < -0.4 is 29.1 Å². The number of ether oxygens (including phenoxy) is 5. The summed E-state index contributed by atoms with van der Waals surface area (Å²) in [6.07, 6.45) is 1.70. The molecular formula is C35H33N3O10S. The topological polar surface area (TPSA) is 158 Å². The molecule has 1 aliphatic rings. The molecule has 1 aliphatic heterocycles. The number of esters is 2. The van der Waals surface area contributed by atoms with Crippen LogP contribution in [0, 0.1) is 10.1 Å². The summed E-state index contributed by atoms with van der Waals surface area (Å²) in [5, 5.41) is 11.0. The number of thiazole rings is 1. The van der Waals surface area contributed by atoms with Crippen LogP contribution in [-0.2, 0) is 25.7 Å². The van der Waals surface area contributed by atoms with Gasteiger partial charge in [-0.1, -0.05) is 35.6 Å². The van der Waals surface area contributed by atoms with Gasteiger partial charge in [-0.15, -0.1) is 0 Å². The van der Waals surface area contributed by atoms with E-state index in [1.165, 1.54) is 23.8 Å². The number of non-ortho nitro benzene ring substituents is 1. The predicted molar refractivity (Wildman–Crippen MR) is 179 cm³/mol. The van der Waals surface area contributed by atoms with Crippen molar-refractivity contribution in [1.29, 1.82) is 0 Å². The Morgan fingerprint density at radius 1 is 0.980 bits per heavy atom. The van der Waals surface area contributed by atoms with Crippen LogP contribution in [0.1, 0.15) is 43.5 Å². The summed E-state index contributed by atoms with van der Waals surface area (Å²) in [5.41, 5.74) is 2.07. The maximum atomic E-state index is 14.2. The number of nitrogens with zero attached hydrogens (tertiary/aromatic N) is 3. The molecule has 3 aromatic carbocycles. The van der Waals surface area contributed by atoms with Gasteiger partial charge in [-0.25, -0.2) is 14.6 Å². The van der Waals surface area contributed by atoms with E-state index in [0.29, 0.717) is 37.7 Å². The number of nitro groups is 1. The number of hydrogen-bond donors (Lipinski definition) is 0. The molecule has 14 heteroatoms. The molecular weight excluding hydrogens is 654 g/mol. The normalized spacial score (nSPS) is 14.0. The van der Waals surface area contributed by atoms with Crippen molar-refractivity contribution in [1.82, 2.24) is 4.57 Å². The summed E-state index contributed by atoms with van der Waals surface area (Å²) in [4.78, 5) is 54.8. The van der Waals surface area contributed by atoms with E-state index in [4.69, 9.17) is 18.9 Å². The lowest BCUT2D eigenvalue weighted by molar-refractivity contribution is -0.384. The number of allylic oxidation sites excluding steroid dienone is 1. The summed E-state index contributed by atoms with van der Waals surface area (Å²) in [7, 11) is 1.26. The number of carbonyl (C=O) groups is 2. The van der Waals surface area contributed by atoms with Crippen LogP contribution in [0.3, 0.4) is 0 Å². The first-order valence-corrected chi connectivity index (χ1v) is 16.1. The van der Waals surface area contributed by atoms with Gasteiger partial charge < -0.3 is 23.7 Å². The summed E-state index contributed by atoms with van der Waals surface area (Å²) in [6.45, 7) is 5.39. The maximum absolute atomic E-state index is 14.2. The monoisotopic (exact) mass is 687 g/mol. The van der Waals surface area contributed by atoms with Crippen LogP contribution in [0.15, 0.2) is 87.8 Å². The smallest absolute Gasteiger partial charge is 0.343 e. The number of para-hydroxylation sites is 1. The highest BCUT2D eigenvalue weighted by molar-refractivity contribution is 7.07. The van der Waals surface area contributed by atoms with Crippen LogP contribution in [0.4, 0.5) is 5.69 Å². The Labute approximate surface area is 284 Å². The molecule has 0 fully saturated rings. The van der Waals surface area contributed by atoms with Crippen LogP contribution in [0.2, 0.25) is 0 Å². The molecule has 0 amide bonds. The van der Waals surface area contributed by atoms with Crippen molar-refractivity contribution >= 4 is 35.0 Å². The zero-order valence-electron chi connectivity index (χ0n) is 27.2. The van der Waals surface area contributed by atoms with Crippen molar-refractivity contribution in [2.24, 2.45) is 4.99 Å². The Hall–Kier alpha value is -5.76. The van der Waals surface area contributed by atoms with Gasteiger partial charge in [0.1, 0.15) is 12.4 Å². The largest absolute Gasteiger partial charge is 0.490 e. The van der Waals surface area contributed by atoms with Gasteiger partial charge in [0.05, 0.1) is 47.1 Å². The second-order valence-electron chi connectivity index (χ2n) is 10.6. The van der Waals surface area contributed by atoms with Gasteiger partial charge in [0.25, 0.3) is 11.2 Å². The van der Waals surface area contributed by atoms with Gasteiger partial charge in [0.15, 0.2) is 22.9 Å². The zero-order valence-corrected chi connectivity index (χ0v) is 28.0. The van der Waals surface area contributed by atoms with Gasteiger partial charge in [-0.2, -0.15) is 0 Å². The first-order chi connectivity index (χ1) is 23.6. The summed E-state index contributed by atoms with van der Waals surface area (Å²) >= 11 is 1.16. The van der Waals surface area contributed by atoms with Crippen molar-refractivity contribution < 1.29 is 38.2 Å². The quantitative estimate of drug-likeness (QED) is 0.113. The van der Waals surface area contributed by atoms with E-state index >= 15 is 0 Å². The van der Waals surface area contributed by atoms with Gasteiger partial charge in [-0.05, 0) is 68.3 Å². The summed E-state index contributed by atoms with van der Waals surface area (Å²) in [6, 6.07) is 17.3. The fourth-order valence-electron chi connectivity index (χ4n) is 5.13. The molecule has 13 nitrogen and oxygen atoms in total. The minimum atomic E-state index is -0.917. The van der Waals surface area contributed by atoms with E-state index in [-0.39, 0.29) is 43.4 Å². The minimum absolute atomic E-state index is 0.0175. The first-order valence-electron chi connectivity index (χ1n) is 15.3. The molecule has 5 rings (SSSR count). The first kappa shape index (κ1) is 34.6. The molecule has 2 heterocycles. The molecule has 49 heavy (non-hydrogen) atoms. The number of benzene rings is 3. The SMILES string of the molecule is CCOC(=O)C1=C(C)N=c2s/c(=C\c3ccccc3OCc3ccc([N+](=O)[O-])cc3)c(=O)n2[C@H]1c1ccc(OCC(=O)OC)c(OCC)c1. The van der Waals surface area contributed by atoms with E-state index in [2.05, 4.69) is 9.73 Å². The Morgan fingerprint density at radius 3 is 2.43 bits per heavy atom. The van der Waals surface area contributed by atoms with Crippen molar-refractivity contribution in [3.8, 4) is 17.2 Å². The average Bonchev–Trinajstić information content (AvgIpc) is 3.40. The van der Waals surface area contributed by atoms with Gasteiger partial charge >= 0.3 is 11.9 Å². The van der Waals surface area contributed by atoms with Gasteiger partial charge in [0, 0.05) is 17.7 Å². The fourth-order valence-corrected chi connectivity index (χ4v) is 6.17. The number of rotatable bonds is 13. The molecule has 0 bridgehead atoms. The molecule has 0 unspecified atom stereocenters. The highest BCUT2D eigenvalue weighted by Crippen LogP contribution is 2.36. The Bertz CT molecular complexity index is 2100. The van der Waals surface area contributed by atoms with Gasteiger partial charge in [0.2, 0.25) is 0 Å². The van der Waals surface area contributed by atoms with Crippen LogP contribution in [0.25, 0.3) is 6.08 Å². The van der Waals surface area contributed by atoms with Crippen molar-refractivity contribution in [3.05, 3.63) is 124 Å². The number of methoxy groups -OCH3 is 1. The third-order valence-electron chi connectivity index (χ3n) is 7.42. The van der Waals surface area contributed by atoms with Crippen molar-refractivity contribution in [2.45, 2.75) is 33.4 Å². The average molecular weight is 688 g/mol. The molecule has 254 valence electrons. The van der Waals surface area contributed by atoms with Crippen LogP contribution in [-0.4, -0.2) is 48.4 Å². The summed E-state index contributed by atoms with van der Waals surface area (Å²) in [5.74, 6) is -0.0946. The Kier molecular flexibility index (Phi) is 10.9. The molecule has 0 N–H and O–H groups in total. The molecule has 1 atom stereocenters. The number of nitro benzene ring substituents is 1. The zero-order chi connectivity index (χ0) is 35.1. The lowest BCUT2D eigenvalue weighted by Crippen LogP contribution is -2.40. The molecule has 0 spiro atoms. The molecule has 0 aliphatic carbocycles. The maximum Gasteiger partial charge on any atom is 0.343 e. The second kappa shape index (κ2) is 15.4. The predicted octanol–water partition coefficient (Wildman–Crippen LogP) is 4.24. The van der Waals surface area contributed by atoms with Gasteiger partial charge in [-0.3, -0.25) is 19.5 Å². The Balaban J connectivity index is 1.57. The highest BCUT2D eigenvalue weighted by atomic mass is 32.1. The standard InChI is InChI=1S/C35H33N3O10S/c1-5-45-28-17-24(13-16-27(28)48-20-30(39)44-4)32-31(34(41)46-6-2)21(3)36-35-37(32)33(40)29(49-35)18-23-9-7-8-10-26(23)47-19-22-11-14-25(15-12-22)38(42)43/h7-18,32H,5-6,19-20H2,1-4H3/b29-18-/t32-/m0/s1. The van der Waals surface area contributed by atoms with E-state index < -0.39 is 28.5 Å². The van der Waals surface area contributed by atoms with Crippen molar-refractivity contribution in [3.63, 3.8) is 0 Å². The number of hydrogen-bond acceptors (Lipinski definition) is 12. The molecule has 0 saturated carbocycles. The Morgan fingerprint density at radius 2 is 1.73 bits per heavy atom. The minimum Gasteiger partial charge on any atom is -0.490 e. The van der Waals surface area contributed by atoms with E-state index in [9.17, 15) is 24.5 Å². The van der Waals surface area contributed by atoms with Crippen LogP contribution >= 0.6 is 11.3 Å². The summed E-state index contributed by atoms with van der Waals surface area (Å²) < 4.78 is 29.4. The molecule has 4 aromatic rings. The van der Waals surface area contributed by atoms with Crippen LogP contribution in [0.5, 0.6) is 17.2 Å². The molecule has 0 saturated heterocycles. The third kappa shape index (κ3) is 7.70. The number of carbonyl (C=O) groups excluding carboxylic acids is 2. The van der Waals surface area contributed by atoms with E-state index in [0.717, 1.165) is 16.9 Å². The number of fused-ring (bicyclic) bond motifs is 1. The lowest BCUT2D eigenvalue weighted by atomic mass is 9.95. The lowest BCUT2D eigenvalue weighted by Gasteiger charge is -2.25. The third-order valence-corrected chi connectivity index (χ3v) is 8.40.